The monoisotopic (exact) mass is 305 g/mol. The van der Waals surface area contributed by atoms with Crippen molar-refractivity contribution >= 4 is 39.9 Å². The summed E-state index contributed by atoms with van der Waals surface area (Å²) in [6, 6.07) is 7.59. The Balaban J connectivity index is 2.25. The number of H-pyrrole nitrogens is 1. The molecule has 5 heteroatoms. The predicted molar refractivity (Wildman–Crippen MR) is 85.4 cm³/mol. The second-order valence-corrected chi connectivity index (χ2v) is 5.73. The zero-order chi connectivity index (χ0) is 14.4. The molecular formula is C15H13Cl2N3. The van der Waals surface area contributed by atoms with E-state index in [2.05, 4.69) is 16.0 Å². The minimum absolute atomic E-state index is 0.491. The van der Waals surface area contributed by atoms with E-state index in [0.717, 1.165) is 39.2 Å². The van der Waals surface area contributed by atoms with Gasteiger partial charge in [-0.2, -0.15) is 0 Å². The maximum atomic E-state index is 6.15. The second kappa shape index (κ2) is 4.69. The van der Waals surface area contributed by atoms with E-state index >= 15 is 0 Å². The number of anilines is 1. The molecular weight excluding hydrogens is 293 g/mol. The van der Waals surface area contributed by atoms with Gasteiger partial charge < -0.3 is 10.7 Å². The maximum absolute atomic E-state index is 6.15. The molecule has 3 rings (SSSR count). The molecule has 0 radical (unpaired) electrons. The molecule has 0 spiro atoms. The molecule has 0 amide bonds. The van der Waals surface area contributed by atoms with Crippen molar-refractivity contribution in [2.75, 3.05) is 5.73 Å². The topological polar surface area (TPSA) is 54.7 Å². The van der Waals surface area contributed by atoms with Crippen LogP contribution in [0.2, 0.25) is 10.0 Å². The summed E-state index contributed by atoms with van der Waals surface area (Å²) in [7, 11) is 0. The molecule has 0 aliphatic heterocycles. The zero-order valence-corrected chi connectivity index (χ0v) is 12.6. The second-order valence-electron chi connectivity index (χ2n) is 4.91. The Hall–Kier alpha value is -1.71. The van der Waals surface area contributed by atoms with Gasteiger partial charge in [-0.25, -0.2) is 4.98 Å². The van der Waals surface area contributed by atoms with Crippen LogP contribution in [0.25, 0.3) is 22.4 Å². The quantitative estimate of drug-likeness (QED) is 0.638. The Kier molecular flexibility index (Phi) is 3.11. The lowest BCUT2D eigenvalue weighted by Gasteiger charge is -2.07. The van der Waals surface area contributed by atoms with Gasteiger partial charge >= 0.3 is 0 Å². The van der Waals surface area contributed by atoms with Crippen LogP contribution in [-0.2, 0) is 0 Å². The molecule has 0 atom stereocenters. The summed E-state index contributed by atoms with van der Waals surface area (Å²) < 4.78 is 0. The predicted octanol–water partition coefficient (Wildman–Crippen LogP) is 4.74. The molecule has 102 valence electrons. The number of nitrogens with one attached hydrogen (secondary N) is 1. The average molecular weight is 306 g/mol. The molecule has 1 aromatic heterocycles. The number of hydrogen-bond acceptors (Lipinski definition) is 2. The molecule has 1 heterocycles. The minimum atomic E-state index is 0.491. The van der Waals surface area contributed by atoms with E-state index < -0.39 is 0 Å². The van der Waals surface area contributed by atoms with Crippen molar-refractivity contribution in [3.05, 3.63) is 45.4 Å². The van der Waals surface area contributed by atoms with Gasteiger partial charge in [-0.05, 0) is 43.2 Å². The van der Waals surface area contributed by atoms with E-state index in [4.69, 9.17) is 28.9 Å². The third-order valence-electron chi connectivity index (χ3n) is 3.31. The number of rotatable bonds is 1. The van der Waals surface area contributed by atoms with Crippen LogP contribution >= 0.6 is 23.2 Å². The summed E-state index contributed by atoms with van der Waals surface area (Å²) in [5.74, 6) is 0.725. The van der Waals surface area contributed by atoms with Crippen molar-refractivity contribution < 1.29 is 0 Å². The van der Waals surface area contributed by atoms with Gasteiger partial charge in [0.1, 0.15) is 5.82 Å². The van der Waals surface area contributed by atoms with Crippen molar-refractivity contribution in [2.24, 2.45) is 0 Å². The summed E-state index contributed by atoms with van der Waals surface area (Å²) in [5, 5.41) is 0.994. The van der Waals surface area contributed by atoms with E-state index in [1.807, 2.05) is 19.9 Å². The highest BCUT2D eigenvalue weighted by atomic mass is 35.5. The number of nitrogens with zero attached hydrogens (tertiary/aromatic N) is 1. The maximum Gasteiger partial charge on any atom is 0.140 e. The smallest absolute Gasteiger partial charge is 0.140 e. The zero-order valence-electron chi connectivity index (χ0n) is 11.1. The molecule has 3 N–H and O–H groups in total. The fraction of sp³-hybridized carbons (Fsp3) is 0.133. The van der Waals surface area contributed by atoms with Crippen molar-refractivity contribution in [1.29, 1.82) is 0 Å². The van der Waals surface area contributed by atoms with Crippen molar-refractivity contribution in [3.63, 3.8) is 0 Å². The SMILES string of the molecule is Cc1cc(C)c(N)c(-c2nc3cc(Cl)c(Cl)cc3[nH]2)c1. The molecule has 20 heavy (non-hydrogen) atoms. The van der Waals surface area contributed by atoms with E-state index in [9.17, 15) is 0 Å². The molecule has 0 saturated heterocycles. The van der Waals surface area contributed by atoms with Crippen LogP contribution in [0.4, 0.5) is 5.69 Å². The van der Waals surface area contributed by atoms with Gasteiger partial charge in [-0.1, -0.05) is 29.3 Å². The number of halogens is 2. The van der Waals surface area contributed by atoms with Gasteiger partial charge in [0.25, 0.3) is 0 Å². The average Bonchev–Trinajstić information content (AvgIpc) is 2.77. The lowest BCUT2D eigenvalue weighted by Crippen LogP contribution is -1.95. The summed E-state index contributed by atoms with van der Waals surface area (Å²) in [6.45, 7) is 4.02. The highest BCUT2D eigenvalue weighted by Gasteiger charge is 2.12. The number of aryl methyl sites for hydroxylation is 2. The van der Waals surface area contributed by atoms with Crippen LogP contribution in [0.1, 0.15) is 11.1 Å². The molecule has 0 bridgehead atoms. The molecule has 3 aromatic rings. The number of imidazole rings is 1. The van der Waals surface area contributed by atoms with E-state index in [-0.39, 0.29) is 0 Å². The van der Waals surface area contributed by atoms with Crippen LogP contribution in [0.15, 0.2) is 24.3 Å². The highest BCUT2D eigenvalue weighted by molar-refractivity contribution is 6.42. The first-order valence-corrected chi connectivity index (χ1v) is 6.93. The Morgan fingerprint density at radius 3 is 2.50 bits per heavy atom. The normalized spacial score (nSPS) is 11.2. The fourth-order valence-corrected chi connectivity index (χ4v) is 2.63. The highest BCUT2D eigenvalue weighted by Crippen LogP contribution is 2.32. The molecule has 0 aliphatic carbocycles. The van der Waals surface area contributed by atoms with Gasteiger partial charge in [-0.3, -0.25) is 0 Å². The first-order valence-electron chi connectivity index (χ1n) is 6.17. The van der Waals surface area contributed by atoms with E-state index in [1.165, 1.54) is 0 Å². The van der Waals surface area contributed by atoms with Crippen molar-refractivity contribution in [1.82, 2.24) is 9.97 Å². The molecule has 0 saturated carbocycles. The Morgan fingerprint density at radius 2 is 1.75 bits per heavy atom. The summed E-state index contributed by atoms with van der Waals surface area (Å²) >= 11 is 12.0. The van der Waals surface area contributed by atoms with Gasteiger partial charge in [0.2, 0.25) is 0 Å². The first-order chi connectivity index (χ1) is 9.45. The standard InChI is InChI=1S/C15H13Cl2N3/c1-7-3-8(2)14(18)9(4-7)15-19-12-5-10(16)11(17)6-13(12)20-15/h3-6H,18H2,1-2H3,(H,19,20). The molecule has 0 aliphatic rings. The number of benzene rings is 2. The summed E-state index contributed by atoms with van der Waals surface area (Å²) in [4.78, 5) is 7.79. The number of aromatic nitrogens is 2. The third-order valence-corrected chi connectivity index (χ3v) is 4.03. The minimum Gasteiger partial charge on any atom is -0.398 e. The van der Waals surface area contributed by atoms with Crippen LogP contribution in [-0.4, -0.2) is 9.97 Å². The summed E-state index contributed by atoms with van der Waals surface area (Å²) in [5.41, 5.74) is 11.6. The number of nitrogens with two attached hydrogens (primary N) is 1. The Labute approximate surface area is 126 Å². The van der Waals surface area contributed by atoms with E-state index in [1.54, 1.807) is 12.1 Å². The van der Waals surface area contributed by atoms with Crippen LogP contribution in [0.3, 0.4) is 0 Å². The largest absolute Gasteiger partial charge is 0.398 e. The molecule has 3 nitrogen and oxygen atoms in total. The van der Waals surface area contributed by atoms with Gasteiger partial charge in [0.05, 0.1) is 21.1 Å². The van der Waals surface area contributed by atoms with Crippen LogP contribution < -0.4 is 5.73 Å². The molecule has 2 aromatic carbocycles. The molecule has 0 fully saturated rings. The van der Waals surface area contributed by atoms with Gasteiger partial charge in [0.15, 0.2) is 0 Å². The number of hydrogen-bond donors (Lipinski definition) is 2. The third kappa shape index (κ3) is 2.13. The Bertz CT molecular complexity index is 783. The molecule has 0 unspecified atom stereocenters. The first kappa shape index (κ1) is 13.3. The summed E-state index contributed by atoms with van der Waals surface area (Å²) in [6.07, 6.45) is 0. The number of nitrogen functional groups attached to an aromatic ring is 1. The lowest BCUT2D eigenvalue weighted by molar-refractivity contribution is 1.31. The number of fused-ring (bicyclic) bond motifs is 1. The van der Waals surface area contributed by atoms with Crippen molar-refractivity contribution in [3.8, 4) is 11.4 Å². The van der Waals surface area contributed by atoms with Gasteiger partial charge in [-0.15, -0.1) is 0 Å². The number of aromatic amines is 1. The van der Waals surface area contributed by atoms with E-state index in [0.29, 0.717) is 10.0 Å². The van der Waals surface area contributed by atoms with Crippen molar-refractivity contribution in [2.45, 2.75) is 13.8 Å². The van der Waals surface area contributed by atoms with Crippen LogP contribution in [0, 0.1) is 13.8 Å². The van der Waals surface area contributed by atoms with Gasteiger partial charge in [0, 0.05) is 11.3 Å². The van der Waals surface area contributed by atoms with Crippen LogP contribution in [0.5, 0.6) is 0 Å². The Morgan fingerprint density at radius 1 is 1.05 bits per heavy atom. The lowest BCUT2D eigenvalue weighted by atomic mass is 10.0. The fourth-order valence-electron chi connectivity index (χ4n) is 2.31.